The van der Waals surface area contributed by atoms with E-state index in [1.165, 1.54) is 12.5 Å². The van der Waals surface area contributed by atoms with Crippen LogP contribution in [0.1, 0.15) is 5.56 Å². The molecule has 17 heavy (non-hydrogen) atoms. The summed E-state index contributed by atoms with van der Waals surface area (Å²) in [6, 6.07) is 9.25. The Labute approximate surface area is 102 Å². The molecule has 0 N–H and O–H groups in total. The maximum atomic E-state index is 11.6. The van der Waals surface area contributed by atoms with Gasteiger partial charge in [-0.05, 0) is 0 Å². The van der Waals surface area contributed by atoms with Gasteiger partial charge in [-0.3, -0.25) is 4.21 Å². The zero-order valence-corrected chi connectivity index (χ0v) is 10.1. The number of carbonyl (C=O) groups excluding carboxylic acids is 1. The van der Waals surface area contributed by atoms with Gasteiger partial charge in [-0.2, -0.15) is 0 Å². The molecule has 0 fully saturated rings. The van der Waals surface area contributed by atoms with E-state index < -0.39 is 22.9 Å². The molecule has 0 amide bonds. The van der Waals surface area contributed by atoms with Crippen molar-refractivity contribution in [2.45, 2.75) is 6.10 Å². The minimum absolute atomic E-state index is 0.142. The van der Waals surface area contributed by atoms with Gasteiger partial charge >= 0.3 is 5.97 Å². The highest BCUT2D eigenvalue weighted by molar-refractivity contribution is 7.88. The van der Waals surface area contributed by atoms with Gasteiger partial charge in [0.1, 0.15) is 5.76 Å². The molecule has 1 aromatic rings. The van der Waals surface area contributed by atoms with Gasteiger partial charge < -0.3 is 9.47 Å². The predicted molar refractivity (Wildman–Crippen MR) is 64.3 cm³/mol. The van der Waals surface area contributed by atoms with Crippen molar-refractivity contribution < 1.29 is 18.5 Å². The Balaban J connectivity index is 2.24. The summed E-state index contributed by atoms with van der Waals surface area (Å²) in [6.45, 7) is 0. The van der Waals surface area contributed by atoms with Crippen LogP contribution in [0.15, 0.2) is 35.7 Å². The fourth-order valence-electron chi connectivity index (χ4n) is 1.52. The second kappa shape index (κ2) is 5.14. The fraction of sp³-hybridized carbons (Fsp3) is 0.250. The van der Waals surface area contributed by atoms with Crippen LogP contribution in [-0.2, 0) is 25.1 Å². The Morgan fingerprint density at radius 1 is 1.41 bits per heavy atom. The molecule has 0 aromatic heterocycles. The third-order valence-corrected chi connectivity index (χ3v) is 3.45. The lowest BCUT2D eigenvalue weighted by atomic mass is 10.2. The summed E-state index contributed by atoms with van der Waals surface area (Å²) >= 11 is 0. The van der Waals surface area contributed by atoms with E-state index in [4.69, 9.17) is 4.74 Å². The molecule has 1 heterocycles. The highest BCUT2D eigenvalue weighted by Gasteiger charge is 2.28. The average Bonchev–Trinajstić information content (AvgIpc) is 2.38. The summed E-state index contributed by atoms with van der Waals surface area (Å²) in [4.78, 5) is 11.4. The quantitative estimate of drug-likeness (QED) is 0.745. The van der Waals surface area contributed by atoms with Gasteiger partial charge in [0.15, 0.2) is 0 Å². The molecule has 0 spiro atoms. The van der Waals surface area contributed by atoms with E-state index in [1.807, 2.05) is 30.3 Å². The van der Waals surface area contributed by atoms with Crippen LogP contribution in [0.3, 0.4) is 0 Å². The summed E-state index contributed by atoms with van der Waals surface area (Å²) in [6.07, 6.45) is -0.791. The number of methoxy groups -OCH3 is 1. The van der Waals surface area contributed by atoms with Crippen LogP contribution in [0, 0.1) is 0 Å². The van der Waals surface area contributed by atoms with Gasteiger partial charge in [-0.1, -0.05) is 30.3 Å². The van der Waals surface area contributed by atoms with E-state index >= 15 is 0 Å². The van der Waals surface area contributed by atoms with E-state index in [2.05, 4.69) is 4.74 Å². The SMILES string of the molecule is COC(=O)C1CS(=O)C=C(c2ccccc2)O1. The molecule has 1 aliphatic heterocycles. The van der Waals surface area contributed by atoms with Crippen molar-refractivity contribution in [2.75, 3.05) is 12.9 Å². The van der Waals surface area contributed by atoms with Crippen LogP contribution in [0.25, 0.3) is 5.76 Å². The third-order valence-electron chi connectivity index (χ3n) is 2.35. The second-order valence-electron chi connectivity index (χ2n) is 3.53. The molecule has 0 saturated carbocycles. The third kappa shape index (κ3) is 2.74. The topological polar surface area (TPSA) is 52.6 Å². The fourth-order valence-corrected chi connectivity index (χ4v) is 2.55. The van der Waals surface area contributed by atoms with Crippen LogP contribution in [0.4, 0.5) is 0 Å². The van der Waals surface area contributed by atoms with Crippen LogP contribution in [0.5, 0.6) is 0 Å². The van der Waals surface area contributed by atoms with E-state index in [-0.39, 0.29) is 5.75 Å². The first kappa shape index (κ1) is 11.9. The number of hydrogen-bond acceptors (Lipinski definition) is 4. The summed E-state index contributed by atoms with van der Waals surface area (Å²) in [7, 11) is 0.0759. The first-order chi connectivity index (χ1) is 8.20. The Morgan fingerprint density at radius 3 is 2.76 bits per heavy atom. The van der Waals surface area contributed by atoms with Crippen LogP contribution in [-0.4, -0.2) is 29.1 Å². The zero-order chi connectivity index (χ0) is 12.3. The van der Waals surface area contributed by atoms with Crippen molar-refractivity contribution in [3.63, 3.8) is 0 Å². The summed E-state index contributed by atoms with van der Waals surface area (Å²) in [5, 5.41) is 1.52. The standard InChI is InChI=1S/C12H12O4S/c1-15-12(13)11-8-17(14)7-10(16-11)9-5-3-2-4-6-9/h2-7,11H,8H2,1H3. The highest BCUT2D eigenvalue weighted by atomic mass is 32.2. The lowest BCUT2D eigenvalue weighted by Gasteiger charge is -2.22. The molecule has 0 radical (unpaired) electrons. The van der Waals surface area contributed by atoms with Crippen molar-refractivity contribution in [3.05, 3.63) is 41.3 Å². The molecule has 1 aliphatic rings. The minimum Gasteiger partial charge on any atom is -0.476 e. The second-order valence-corrected chi connectivity index (χ2v) is 4.86. The van der Waals surface area contributed by atoms with Crippen molar-refractivity contribution in [1.29, 1.82) is 0 Å². The van der Waals surface area contributed by atoms with Gasteiger partial charge in [-0.25, -0.2) is 4.79 Å². The zero-order valence-electron chi connectivity index (χ0n) is 9.29. The largest absolute Gasteiger partial charge is 0.476 e. The van der Waals surface area contributed by atoms with Crippen LogP contribution >= 0.6 is 0 Å². The molecule has 0 saturated heterocycles. The number of carbonyl (C=O) groups is 1. The molecular formula is C12H12O4S. The maximum Gasteiger partial charge on any atom is 0.348 e. The average molecular weight is 252 g/mol. The van der Waals surface area contributed by atoms with Gasteiger partial charge in [-0.15, -0.1) is 0 Å². The number of benzene rings is 1. The van der Waals surface area contributed by atoms with E-state index in [9.17, 15) is 9.00 Å². The van der Waals surface area contributed by atoms with Gasteiger partial charge in [0.05, 0.1) is 23.7 Å². The molecule has 2 unspecified atom stereocenters. The van der Waals surface area contributed by atoms with Crippen molar-refractivity contribution >= 4 is 22.5 Å². The van der Waals surface area contributed by atoms with Crippen LogP contribution < -0.4 is 0 Å². The molecule has 5 heteroatoms. The number of rotatable bonds is 2. The highest BCUT2D eigenvalue weighted by Crippen LogP contribution is 2.23. The van der Waals surface area contributed by atoms with Gasteiger partial charge in [0.25, 0.3) is 0 Å². The molecule has 0 aliphatic carbocycles. The van der Waals surface area contributed by atoms with Crippen molar-refractivity contribution in [3.8, 4) is 0 Å². The lowest BCUT2D eigenvalue weighted by Crippen LogP contribution is -2.33. The molecule has 0 bridgehead atoms. The lowest BCUT2D eigenvalue weighted by molar-refractivity contribution is -0.148. The first-order valence-electron chi connectivity index (χ1n) is 5.09. The van der Waals surface area contributed by atoms with E-state index in [0.29, 0.717) is 5.76 Å². The number of ether oxygens (including phenoxy) is 2. The smallest absolute Gasteiger partial charge is 0.348 e. The Bertz CT molecular complexity index is 467. The van der Waals surface area contributed by atoms with E-state index in [0.717, 1.165) is 5.56 Å². The Kier molecular flexibility index (Phi) is 3.58. The normalized spacial score (nSPS) is 23.5. The summed E-state index contributed by atoms with van der Waals surface area (Å²) < 4.78 is 21.7. The molecule has 4 nitrogen and oxygen atoms in total. The van der Waals surface area contributed by atoms with Crippen molar-refractivity contribution in [2.24, 2.45) is 0 Å². The molecule has 2 atom stereocenters. The predicted octanol–water partition coefficient (Wildman–Crippen LogP) is 1.31. The molecule has 2 rings (SSSR count). The summed E-state index contributed by atoms with van der Waals surface area (Å²) in [5.74, 6) is 0.105. The monoisotopic (exact) mass is 252 g/mol. The first-order valence-corrected chi connectivity index (χ1v) is 6.48. The molecular weight excluding hydrogens is 240 g/mol. The maximum absolute atomic E-state index is 11.6. The van der Waals surface area contributed by atoms with E-state index in [1.54, 1.807) is 0 Å². The number of hydrogen-bond donors (Lipinski definition) is 0. The van der Waals surface area contributed by atoms with Crippen molar-refractivity contribution in [1.82, 2.24) is 0 Å². The van der Waals surface area contributed by atoms with Gasteiger partial charge in [0.2, 0.25) is 6.10 Å². The minimum atomic E-state index is -1.21. The molecule has 90 valence electrons. The van der Waals surface area contributed by atoms with Crippen LogP contribution in [0.2, 0.25) is 0 Å². The Morgan fingerprint density at radius 2 is 2.12 bits per heavy atom. The van der Waals surface area contributed by atoms with Gasteiger partial charge in [0, 0.05) is 11.0 Å². The Hall–Kier alpha value is -1.62. The molecule has 1 aromatic carbocycles. The summed E-state index contributed by atoms with van der Waals surface area (Å²) in [5.41, 5.74) is 0.800. The number of esters is 1.